The fourth-order valence-corrected chi connectivity index (χ4v) is 2.04. The number of aromatic nitrogens is 1. The Morgan fingerprint density at radius 3 is 2.65 bits per heavy atom. The molecule has 0 amide bonds. The minimum atomic E-state index is -0.142. The van der Waals surface area contributed by atoms with Crippen molar-refractivity contribution in [3.05, 3.63) is 47.7 Å². The van der Waals surface area contributed by atoms with Crippen LogP contribution in [-0.2, 0) is 11.2 Å². The van der Waals surface area contributed by atoms with E-state index < -0.39 is 0 Å². The van der Waals surface area contributed by atoms with Crippen LogP contribution in [-0.4, -0.2) is 36.9 Å². The van der Waals surface area contributed by atoms with Gasteiger partial charge in [0.15, 0.2) is 12.6 Å². The van der Waals surface area contributed by atoms with Crippen molar-refractivity contribution < 1.29 is 24.1 Å². The van der Waals surface area contributed by atoms with E-state index in [0.29, 0.717) is 18.1 Å². The van der Waals surface area contributed by atoms with Gasteiger partial charge in [-0.05, 0) is 24.1 Å². The molecule has 0 saturated carbocycles. The van der Waals surface area contributed by atoms with Gasteiger partial charge in [-0.15, -0.1) is 0 Å². The summed E-state index contributed by atoms with van der Waals surface area (Å²) in [7, 11) is 3.06. The molecule has 2 rings (SSSR count). The van der Waals surface area contributed by atoms with Gasteiger partial charge in [-0.3, -0.25) is 4.79 Å². The Morgan fingerprint density at radius 2 is 2.04 bits per heavy atom. The first-order chi connectivity index (χ1) is 11.1. The summed E-state index contributed by atoms with van der Waals surface area (Å²) in [6.07, 6.45) is 2.49. The molecule has 2 aromatic rings. The average molecular weight is 317 g/mol. The van der Waals surface area contributed by atoms with Gasteiger partial charge in [-0.25, -0.2) is 4.98 Å². The second-order valence-electron chi connectivity index (χ2n) is 4.86. The van der Waals surface area contributed by atoms with Crippen LogP contribution in [0.1, 0.15) is 22.3 Å². The number of aryl methyl sites for hydroxylation is 1. The van der Waals surface area contributed by atoms with E-state index in [9.17, 15) is 9.90 Å². The number of carbonyl (C=O) groups is 1. The largest absolute Gasteiger partial charge is 0.507 e. The molecule has 1 aromatic carbocycles. The number of benzene rings is 1. The van der Waals surface area contributed by atoms with Crippen molar-refractivity contribution in [1.29, 1.82) is 0 Å². The summed E-state index contributed by atoms with van der Waals surface area (Å²) in [6, 6.07) is 8.19. The number of phenols is 1. The van der Waals surface area contributed by atoms with Crippen LogP contribution in [0.4, 0.5) is 0 Å². The van der Waals surface area contributed by atoms with Crippen molar-refractivity contribution in [2.45, 2.75) is 12.8 Å². The maximum absolute atomic E-state index is 12.2. The molecule has 0 spiro atoms. The van der Waals surface area contributed by atoms with Crippen LogP contribution in [0.15, 0.2) is 36.5 Å². The Labute approximate surface area is 134 Å². The fraction of sp³-hybridized carbons (Fsp3) is 0.294. The molecule has 0 aliphatic rings. The summed E-state index contributed by atoms with van der Waals surface area (Å²) >= 11 is 0. The molecule has 0 radical (unpaired) electrons. The molecule has 0 aliphatic carbocycles. The van der Waals surface area contributed by atoms with E-state index in [-0.39, 0.29) is 30.3 Å². The number of pyridine rings is 1. The number of nitrogens with zero attached hydrogens (tertiary/aromatic N) is 1. The number of Topliss-reactive ketones (excluding diaryl/α,β-unsaturated/α-hetero) is 1. The van der Waals surface area contributed by atoms with E-state index in [1.807, 2.05) is 6.07 Å². The van der Waals surface area contributed by atoms with E-state index in [4.69, 9.17) is 14.2 Å². The van der Waals surface area contributed by atoms with Crippen LogP contribution in [0.2, 0.25) is 0 Å². The van der Waals surface area contributed by atoms with Gasteiger partial charge >= 0.3 is 0 Å². The lowest BCUT2D eigenvalue weighted by Gasteiger charge is -2.08. The van der Waals surface area contributed by atoms with Gasteiger partial charge < -0.3 is 19.3 Å². The second-order valence-corrected chi connectivity index (χ2v) is 4.86. The smallest absolute Gasteiger partial charge is 0.212 e. The number of hydrogen-bond donors (Lipinski definition) is 1. The Bertz CT molecular complexity index is 655. The van der Waals surface area contributed by atoms with Crippen LogP contribution in [0.5, 0.6) is 17.4 Å². The monoisotopic (exact) mass is 317 g/mol. The first-order valence-corrected chi connectivity index (χ1v) is 7.11. The summed E-state index contributed by atoms with van der Waals surface area (Å²) in [5, 5.41) is 9.96. The third kappa shape index (κ3) is 4.69. The Balaban J connectivity index is 1.96. The number of hydrogen-bond acceptors (Lipinski definition) is 6. The van der Waals surface area contributed by atoms with Crippen molar-refractivity contribution in [3.8, 4) is 17.4 Å². The van der Waals surface area contributed by atoms with Gasteiger partial charge in [0.05, 0.1) is 12.7 Å². The van der Waals surface area contributed by atoms with Gasteiger partial charge in [-0.2, -0.15) is 0 Å². The topological polar surface area (TPSA) is 77.9 Å². The minimum Gasteiger partial charge on any atom is -0.507 e. The second kappa shape index (κ2) is 8.14. The van der Waals surface area contributed by atoms with Gasteiger partial charge in [0, 0.05) is 31.9 Å². The SMILES string of the molecule is COCOc1ccc(C(=O)CCc2ccc(OC)nc2)c(O)c1. The summed E-state index contributed by atoms with van der Waals surface area (Å²) in [6.45, 7) is 0.0806. The molecular weight excluding hydrogens is 298 g/mol. The van der Waals surface area contributed by atoms with Gasteiger partial charge in [-0.1, -0.05) is 6.07 Å². The van der Waals surface area contributed by atoms with E-state index in [0.717, 1.165) is 5.56 Å². The highest BCUT2D eigenvalue weighted by molar-refractivity contribution is 5.98. The number of ketones is 1. The van der Waals surface area contributed by atoms with Crippen LogP contribution in [0.3, 0.4) is 0 Å². The normalized spacial score (nSPS) is 10.3. The lowest BCUT2D eigenvalue weighted by atomic mass is 10.0. The zero-order valence-corrected chi connectivity index (χ0v) is 13.1. The Hall–Kier alpha value is -2.60. The van der Waals surface area contributed by atoms with Gasteiger partial charge in [0.1, 0.15) is 11.5 Å². The van der Waals surface area contributed by atoms with E-state index >= 15 is 0 Å². The first-order valence-electron chi connectivity index (χ1n) is 7.11. The third-order valence-corrected chi connectivity index (χ3v) is 3.26. The molecule has 23 heavy (non-hydrogen) atoms. The molecule has 0 aliphatic heterocycles. The number of carbonyl (C=O) groups excluding carboxylic acids is 1. The molecule has 0 unspecified atom stereocenters. The highest BCUT2D eigenvalue weighted by atomic mass is 16.7. The maximum Gasteiger partial charge on any atom is 0.212 e. The van der Waals surface area contributed by atoms with Gasteiger partial charge in [0.25, 0.3) is 0 Å². The van der Waals surface area contributed by atoms with Crippen molar-refractivity contribution in [2.24, 2.45) is 0 Å². The average Bonchev–Trinajstić information content (AvgIpc) is 2.58. The van der Waals surface area contributed by atoms with Crippen LogP contribution in [0, 0.1) is 0 Å². The zero-order valence-electron chi connectivity index (χ0n) is 13.1. The van der Waals surface area contributed by atoms with E-state index in [1.165, 1.54) is 13.2 Å². The Kier molecular flexibility index (Phi) is 5.94. The summed E-state index contributed by atoms with van der Waals surface area (Å²) < 4.78 is 15.0. The molecule has 6 nitrogen and oxygen atoms in total. The van der Waals surface area contributed by atoms with Crippen LogP contribution >= 0.6 is 0 Å². The number of methoxy groups -OCH3 is 2. The lowest BCUT2D eigenvalue weighted by molar-refractivity contribution is 0.0510. The fourth-order valence-electron chi connectivity index (χ4n) is 2.04. The first kappa shape index (κ1) is 16.8. The molecular formula is C17H19NO5. The van der Waals surface area contributed by atoms with Crippen molar-refractivity contribution in [2.75, 3.05) is 21.0 Å². The Morgan fingerprint density at radius 1 is 1.22 bits per heavy atom. The van der Waals surface area contributed by atoms with Gasteiger partial charge in [0.2, 0.25) is 5.88 Å². The predicted octanol–water partition coefficient (Wildman–Crippen LogP) is 2.59. The highest BCUT2D eigenvalue weighted by Crippen LogP contribution is 2.25. The number of phenolic OH excluding ortho intramolecular Hbond substituents is 1. The molecule has 1 heterocycles. The molecule has 0 atom stereocenters. The standard InChI is InChI=1S/C17H19NO5/c1-21-11-23-13-5-6-14(16(20)9-13)15(19)7-3-12-4-8-17(22-2)18-10-12/h4-6,8-10,20H,3,7,11H2,1-2H3. The minimum absolute atomic E-state index is 0.0806. The molecule has 1 N–H and O–H groups in total. The summed E-state index contributed by atoms with van der Waals surface area (Å²) in [4.78, 5) is 16.3. The van der Waals surface area contributed by atoms with E-state index in [1.54, 1.807) is 31.5 Å². The number of rotatable bonds is 8. The van der Waals surface area contributed by atoms with Crippen LogP contribution in [0.25, 0.3) is 0 Å². The summed E-state index contributed by atoms with van der Waals surface area (Å²) in [5.41, 5.74) is 1.20. The number of aromatic hydroxyl groups is 1. The van der Waals surface area contributed by atoms with Crippen molar-refractivity contribution >= 4 is 5.78 Å². The maximum atomic E-state index is 12.2. The van der Waals surface area contributed by atoms with E-state index in [2.05, 4.69) is 4.98 Å². The summed E-state index contributed by atoms with van der Waals surface area (Å²) in [5.74, 6) is 0.734. The molecule has 1 aromatic heterocycles. The highest BCUT2D eigenvalue weighted by Gasteiger charge is 2.12. The molecule has 6 heteroatoms. The third-order valence-electron chi connectivity index (χ3n) is 3.26. The molecule has 122 valence electrons. The molecule has 0 saturated heterocycles. The van der Waals surface area contributed by atoms with Crippen molar-refractivity contribution in [1.82, 2.24) is 4.98 Å². The lowest BCUT2D eigenvalue weighted by Crippen LogP contribution is -2.03. The molecule has 0 fully saturated rings. The zero-order chi connectivity index (χ0) is 16.7. The number of ether oxygens (including phenoxy) is 3. The molecule has 0 bridgehead atoms. The van der Waals surface area contributed by atoms with Crippen molar-refractivity contribution in [3.63, 3.8) is 0 Å². The predicted molar refractivity (Wildman–Crippen MR) is 84.1 cm³/mol. The van der Waals surface area contributed by atoms with Crippen LogP contribution < -0.4 is 9.47 Å². The quantitative estimate of drug-likeness (QED) is 0.595.